The molecule has 0 radical (unpaired) electrons. The molecule has 0 aliphatic carbocycles. The van der Waals surface area contributed by atoms with Crippen LogP contribution in [0.2, 0.25) is 0 Å². The van der Waals surface area contributed by atoms with Crippen molar-refractivity contribution >= 4 is 34.5 Å². The lowest BCUT2D eigenvalue weighted by Crippen LogP contribution is -2.29. The molecule has 1 amide bonds. The van der Waals surface area contributed by atoms with E-state index in [1.807, 2.05) is 55.6 Å². The van der Waals surface area contributed by atoms with Gasteiger partial charge in [0.15, 0.2) is 0 Å². The molecule has 1 aliphatic rings. The fraction of sp³-hybridized carbons (Fsp3) is 0.133. The summed E-state index contributed by atoms with van der Waals surface area (Å²) in [4.78, 5) is 28.9. The lowest BCUT2D eigenvalue weighted by molar-refractivity contribution is -0.132. The van der Waals surface area contributed by atoms with E-state index >= 15 is 0 Å². The Morgan fingerprint density at radius 3 is 2.30 bits per heavy atom. The van der Waals surface area contributed by atoms with Crippen LogP contribution in [0.3, 0.4) is 0 Å². The number of benzene rings is 3. The van der Waals surface area contributed by atoms with Gasteiger partial charge in [0.2, 0.25) is 0 Å². The molecule has 0 bridgehead atoms. The Balaban J connectivity index is 1.55. The number of carbonyl (C=O) groups excluding carboxylic acids is 2. The summed E-state index contributed by atoms with van der Waals surface area (Å²) in [6, 6.07) is 22.9. The SMILES string of the molecule is COc1ccc(/C(O)=C2/C(=O)C(=O)N(c3ccc(Oc4cccc(C)c4)cc3)C2c2cccs2)c(C)c1. The van der Waals surface area contributed by atoms with Crippen LogP contribution in [-0.2, 0) is 9.59 Å². The molecule has 2 heterocycles. The van der Waals surface area contributed by atoms with Crippen LogP contribution in [0.4, 0.5) is 5.69 Å². The first kappa shape index (κ1) is 24.3. The molecular weight excluding hydrogens is 486 g/mol. The maximum Gasteiger partial charge on any atom is 0.300 e. The minimum absolute atomic E-state index is 0.0563. The molecule has 1 saturated heterocycles. The molecule has 1 aliphatic heterocycles. The lowest BCUT2D eigenvalue weighted by atomic mass is 9.97. The number of aliphatic hydroxyl groups is 1. The van der Waals surface area contributed by atoms with Crippen molar-refractivity contribution in [3.05, 3.63) is 111 Å². The number of thiophene rings is 1. The van der Waals surface area contributed by atoms with E-state index in [0.29, 0.717) is 28.5 Å². The summed E-state index contributed by atoms with van der Waals surface area (Å²) in [5.41, 5.74) is 2.87. The zero-order valence-corrected chi connectivity index (χ0v) is 21.4. The molecule has 1 unspecified atom stereocenters. The third-order valence-electron chi connectivity index (χ3n) is 6.29. The van der Waals surface area contributed by atoms with Gasteiger partial charge in [-0.05, 0) is 91.0 Å². The van der Waals surface area contributed by atoms with Crippen LogP contribution in [0.15, 0.2) is 89.8 Å². The highest BCUT2D eigenvalue weighted by Gasteiger charge is 2.47. The molecule has 0 saturated carbocycles. The first-order chi connectivity index (χ1) is 17.9. The second-order valence-corrected chi connectivity index (χ2v) is 9.76. The van der Waals surface area contributed by atoms with Crippen molar-refractivity contribution in [2.45, 2.75) is 19.9 Å². The van der Waals surface area contributed by atoms with Crippen molar-refractivity contribution in [3.63, 3.8) is 0 Å². The molecular formula is C30H25NO5S. The number of Topliss-reactive ketones (excluding diaryl/α,β-unsaturated/α-hetero) is 1. The van der Waals surface area contributed by atoms with Crippen molar-refractivity contribution in [3.8, 4) is 17.2 Å². The van der Waals surface area contributed by atoms with Gasteiger partial charge in [-0.3, -0.25) is 14.5 Å². The first-order valence-electron chi connectivity index (χ1n) is 11.7. The Bertz CT molecular complexity index is 1510. The van der Waals surface area contributed by atoms with Crippen LogP contribution >= 0.6 is 11.3 Å². The summed E-state index contributed by atoms with van der Waals surface area (Å²) >= 11 is 1.42. The topological polar surface area (TPSA) is 76.1 Å². The van der Waals surface area contributed by atoms with Crippen molar-refractivity contribution < 1.29 is 24.2 Å². The third-order valence-corrected chi connectivity index (χ3v) is 7.21. The number of methoxy groups -OCH3 is 1. The van der Waals surface area contributed by atoms with Crippen LogP contribution in [0.1, 0.15) is 27.6 Å². The number of aryl methyl sites for hydroxylation is 2. The maximum atomic E-state index is 13.3. The number of amides is 1. The Labute approximate surface area is 219 Å². The molecule has 3 aromatic carbocycles. The van der Waals surface area contributed by atoms with Gasteiger partial charge in [0.05, 0.1) is 12.7 Å². The fourth-order valence-electron chi connectivity index (χ4n) is 4.48. The highest BCUT2D eigenvalue weighted by atomic mass is 32.1. The predicted octanol–water partition coefficient (Wildman–Crippen LogP) is 6.79. The zero-order valence-electron chi connectivity index (χ0n) is 20.6. The third kappa shape index (κ3) is 4.61. The Morgan fingerprint density at radius 2 is 1.65 bits per heavy atom. The van der Waals surface area contributed by atoms with Crippen LogP contribution in [-0.4, -0.2) is 23.9 Å². The average Bonchev–Trinajstić information content (AvgIpc) is 3.51. The Hall–Kier alpha value is -4.36. The highest BCUT2D eigenvalue weighted by molar-refractivity contribution is 7.10. The average molecular weight is 512 g/mol. The number of ketones is 1. The number of hydrogen-bond donors (Lipinski definition) is 1. The predicted molar refractivity (Wildman–Crippen MR) is 145 cm³/mol. The monoisotopic (exact) mass is 511 g/mol. The van der Waals surface area contributed by atoms with Crippen molar-refractivity contribution in [1.29, 1.82) is 0 Å². The van der Waals surface area contributed by atoms with E-state index in [1.54, 1.807) is 49.6 Å². The van der Waals surface area contributed by atoms with Crippen LogP contribution in [0.25, 0.3) is 5.76 Å². The zero-order chi connectivity index (χ0) is 26.1. The molecule has 37 heavy (non-hydrogen) atoms. The largest absolute Gasteiger partial charge is 0.507 e. The lowest BCUT2D eigenvalue weighted by Gasteiger charge is -2.24. The summed E-state index contributed by atoms with van der Waals surface area (Å²) < 4.78 is 11.2. The summed E-state index contributed by atoms with van der Waals surface area (Å²) in [6.07, 6.45) is 0. The second kappa shape index (κ2) is 9.95. The summed E-state index contributed by atoms with van der Waals surface area (Å²) in [5, 5.41) is 13.2. The van der Waals surface area contributed by atoms with Gasteiger partial charge in [0.1, 0.15) is 29.0 Å². The van der Waals surface area contributed by atoms with Crippen molar-refractivity contribution in [1.82, 2.24) is 0 Å². The highest BCUT2D eigenvalue weighted by Crippen LogP contribution is 2.44. The molecule has 7 heteroatoms. The number of anilines is 1. The molecule has 1 aromatic heterocycles. The Kier molecular flexibility index (Phi) is 6.54. The number of hydrogen-bond acceptors (Lipinski definition) is 6. The number of rotatable bonds is 6. The molecule has 186 valence electrons. The van der Waals surface area contributed by atoms with E-state index < -0.39 is 17.7 Å². The molecule has 1 atom stereocenters. The standard InChI is InChI=1S/C30H25NO5S/c1-18-6-4-7-23(16-18)36-21-11-9-20(10-12-21)31-27(25-8-5-15-37-25)26(29(33)30(31)34)28(32)24-14-13-22(35-3)17-19(24)2/h4-17,27,32H,1-3H3/b28-26-. The summed E-state index contributed by atoms with van der Waals surface area (Å²) in [7, 11) is 1.56. The van der Waals surface area contributed by atoms with Gasteiger partial charge in [-0.25, -0.2) is 0 Å². The van der Waals surface area contributed by atoms with Gasteiger partial charge in [-0.2, -0.15) is 0 Å². The van der Waals surface area contributed by atoms with Gasteiger partial charge in [-0.1, -0.05) is 18.2 Å². The molecule has 6 nitrogen and oxygen atoms in total. The molecule has 1 N–H and O–H groups in total. The van der Waals surface area contributed by atoms with Gasteiger partial charge >= 0.3 is 0 Å². The molecule has 1 fully saturated rings. The minimum atomic E-state index is -0.759. The quantitative estimate of drug-likeness (QED) is 0.175. The Morgan fingerprint density at radius 1 is 0.892 bits per heavy atom. The summed E-state index contributed by atoms with van der Waals surface area (Å²) in [5.74, 6) is 0.315. The number of aliphatic hydroxyl groups excluding tert-OH is 1. The van der Waals surface area contributed by atoms with Crippen LogP contribution < -0.4 is 14.4 Å². The van der Waals surface area contributed by atoms with E-state index in [2.05, 4.69) is 0 Å². The molecule has 0 spiro atoms. The summed E-state index contributed by atoms with van der Waals surface area (Å²) in [6.45, 7) is 3.81. The van der Waals surface area contributed by atoms with E-state index in [0.717, 1.165) is 16.0 Å². The first-order valence-corrected chi connectivity index (χ1v) is 12.6. The van der Waals surface area contributed by atoms with Gasteiger partial charge in [0.25, 0.3) is 11.7 Å². The normalized spacial score (nSPS) is 16.7. The van der Waals surface area contributed by atoms with Crippen LogP contribution in [0.5, 0.6) is 17.2 Å². The van der Waals surface area contributed by atoms with Crippen molar-refractivity contribution in [2.75, 3.05) is 12.0 Å². The van der Waals surface area contributed by atoms with Crippen LogP contribution in [0, 0.1) is 13.8 Å². The molecule has 5 rings (SSSR count). The number of nitrogens with zero attached hydrogens (tertiary/aromatic N) is 1. The van der Waals surface area contributed by atoms with Gasteiger partial charge in [-0.15, -0.1) is 11.3 Å². The fourth-order valence-corrected chi connectivity index (χ4v) is 5.30. The van der Waals surface area contributed by atoms with E-state index in [-0.39, 0.29) is 11.3 Å². The number of ether oxygens (including phenoxy) is 2. The van der Waals surface area contributed by atoms with Crippen molar-refractivity contribution in [2.24, 2.45) is 0 Å². The van der Waals surface area contributed by atoms with E-state index in [4.69, 9.17) is 9.47 Å². The minimum Gasteiger partial charge on any atom is -0.507 e. The van der Waals surface area contributed by atoms with Gasteiger partial charge < -0.3 is 14.6 Å². The maximum absolute atomic E-state index is 13.3. The molecule has 4 aromatic rings. The second-order valence-electron chi connectivity index (χ2n) is 8.78. The number of carbonyl (C=O) groups is 2. The van der Waals surface area contributed by atoms with Gasteiger partial charge in [0, 0.05) is 16.1 Å². The smallest absolute Gasteiger partial charge is 0.300 e. The van der Waals surface area contributed by atoms with E-state index in [9.17, 15) is 14.7 Å². The van der Waals surface area contributed by atoms with E-state index in [1.165, 1.54) is 16.2 Å².